The highest BCUT2D eigenvalue weighted by Gasteiger charge is 2.22. The SMILES string of the molecule is CCn1nc(C)c2nc(C(C)Cl)n(CCC(C)(C)C)c21. The molecular weight excluding hydrogens is 272 g/mol. The van der Waals surface area contributed by atoms with Gasteiger partial charge in [-0.3, -0.25) is 0 Å². The van der Waals surface area contributed by atoms with Crippen molar-refractivity contribution in [1.82, 2.24) is 19.3 Å². The molecule has 5 heteroatoms. The van der Waals surface area contributed by atoms with Gasteiger partial charge >= 0.3 is 0 Å². The third-order valence-electron chi connectivity index (χ3n) is 3.57. The Balaban J connectivity index is 2.55. The predicted octanol–water partition coefficient (Wildman–Crippen LogP) is 4.30. The minimum atomic E-state index is -0.0907. The molecule has 1 atom stereocenters. The summed E-state index contributed by atoms with van der Waals surface area (Å²) in [5.74, 6) is 0.952. The zero-order valence-electron chi connectivity index (χ0n) is 13.4. The minimum absolute atomic E-state index is 0.0907. The normalized spacial score (nSPS) is 14.2. The topological polar surface area (TPSA) is 35.6 Å². The number of rotatable bonds is 4. The maximum atomic E-state index is 6.32. The summed E-state index contributed by atoms with van der Waals surface area (Å²) in [7, 11) is 0. The highest BCUT2D eigenvalue weighted by Crippen LogP contribution is 2.29. The van der Waals surface area contributed by atoms with Gasteiger partial charge in [0.2, 0.25) is 0 Å². The zero-order chi connectivity index (χ0) is 15.1. The molecule has 2 aromatic rings. The van der Waals surface area contributed by atoms with E-state index in [2.05, 4.69) is 37.4 Å². The lowest BCUT2D eigenvalue weighted by Crippen LogP contribution is -2.14. The lowest BCUT2D eigenvalue weighted by molar-refractivity contribution is 0.348. The number of hydrogen-bond acceptors (Lipinski definition) is 2. The van der Waals surface area contributed by atoms with Crippen LogP contribution in [0.3, 0.4) is 0 Å². The van der Waals surface area contributed by atoms with Crippen LogP contribution in [0.4, 0.5) is 0 Å². The third-order valence-corrected chi connectivity index (χ3v) is 3.76. The molecule has 0 spiro atoms. The number of aromatic nitrogens is 4. The summed E-state index contributed by atoms with van der Waals surface area (Å²) >= 11 is 6.32. The zero-order valence-corrected chi connectivity index (χ0v) is 14.1. The van der Waals surface area contributed by atoms with E-state index in [9.17, 15) is 0 Å². The molecule has 0 saturated heterocycles. The number of nitrogens with zero attached hydrogens (tertiary/aromatic N) is 4. The molecule has 0 saturated carbocycles. The van der Waals surface area contributed by atoms with E-state index in [1.54, 1.807) is 0 Å². The van der Waals surface area contributed by atoms with E-state index in [1.807, 2.05) is 18.5 Å². The first-order valence-electron chi connectivity index (χ1n) is 7.32. The maximum absolute atomic E-state index is 6.32. The fourth-order valence-corrected chi connectivity index (χ4v) is 2.60. The predicted molar refractivity (Wildman–Crippen MR) is 84.3 cm³/mol. The van der Waals surface area contributed by atoms with Gasteiger partial charge in [0.1, 0.15) is 11.3 Å². The Morgan fingerprint density at radius 3 is 2.45 bits per heavy atom. The van der Waals surface area contributed by atoms with Gasteiger partial charge < -0.3 is 4.57 Å². The molecule has 2 heterocycles. The minimum Gasteiger partial charge on any atom is -0.312 e. The van der Waals surface area contributed by atoms with Gasteiger partial charge in [0.05, 0.1) is 11.1 Å². The van der Waals surface area contributed by atoms with Crippen molar-refractivity contribution in [1.29, 1.82) is 0 Å². The van der Waals surface area contributed by atoms with Crippen molar-refractivity contribution < 1.29 is 0 Å². The van der Waals surface area contributed by atoms with Gasteiger partial charge in [0.15, 0.2) is 5.65 Å². The fraction of sp³-hybridized carbons (Fsp3) is 0.733. The van der Waals surface area contributed by atoms with Crippen LogP contribution in [-0.2, 0) is 13.1 Å². The second-order valence-corrected chi connectivity index (χ2v) is 7.28. The molecule has 2 rings (SSSR count). The summed E-state index contributed by atoms with van der Waals surface area (Å²) < 4.78 is 4.28. The molecule has 1 unspecified atom stereocenters. The summed E-state index contributed by atoms with van der Waals surface area (Å²) in [6, 6.07) is 0. The van der Waals surface area contributed by atoms with Crippen LogP contribution in [0.25, 0.3) is 11.2 Å². The molecule has 0 bridgehead atoms. The van der Waals surface area contributed by atoms with E-state index in [-0.39, 0.29) is 10.8 Å². The summed E-state index contributed by atoms with van der Waals surface area (Å²) in [6.45, 7) is 14.7. The Labute approximate surface area is 126 Å². The van der Waals surface area contributed by atoms with Crippen LogP contribution in [-0.4, -0.2) is 19.3 Å². The third kappa shape index (κ3) is 2.85. The van der Waals surface area contributed by atoms with Crippen LogP contribution < -0.4 is 0 Å². The highest BCUT2D eigenvalue weighted by atomic mass is 35.5. The van der Waals surface area contributed by atoms with E-state index < -0.39 is 0 Å². The lowest BCUT2D eigenvalue weighted by Gasteiger charge is -2.20. The van der Waals surface area contributed by atoms with E-state index in [4.69, 9.17) is 16.6 Å². The fourth-order valence-electron chi connectivity index (χ4n) is 2.43. The molecule has 2 aromatic heterocycles. The van der Waals surface area contributed by atoms with E-state index >= 15 is 0 Å². The summed E-state index contributed by atoms with van der Waals surface area (Å²) in [5.41, 5.74) is 3.37. The van der Waals surface area contributed by atoms with Gasteiger partial charge in [-0.05, 0) is 32.6 Å². The monoisotopic (exact) mass is 296 g/mol. The van der Waals surface area contributed by atoms with E-state index in [0.29, 0.717) is 0 Å². The summed E-state index contributed by atoms with van der Waals surface area (Å²) in [4.78, 5) is 4.73. The van der Waals surface area contributed by atoms with Crippen molar-refractivity contribution in [3.05, 3.63) is 11.5 Å². The highest BCUT2D eigenvalue weighted by molar-refractivity contribution is 6.20. The van der Waals surface area contributed by atoms with Gasteiger partial charge in [-0.15, -0.1) is 11.6 Å². The van der Waals surface area contributed by atoms with Gasteiger partial charge in [0, 0.05) is 13.1 Å². The maximum Gasteiger partial charge on any atom is 0.158 e. The Morgan fingerprint density at radius 1 is 1.30 bits per heavy atom. The molecule has 112 valence electrons. The van der Waals surface area contributed by atoms with Crippen molar-refractivity contribution in [3.63, 3.8) is 0 Å². The molecule has 0 aliphatic rings. The number of halogens is 1. The average Bonchev–Trinajstić information content (AvgIpc) is 2.84. The molecule has 0 aliphatic heterocycles. The van der Waals surface area contributed by atoms with Crippen LogP contribution in [0.1, 0.15) is 57.9 Å². The first-order chi connectivity index (χ1) is 9.24. The quantitative estimate of drug-likeness (QED) is 0.789. The van der Waals surface area contributed by atoms with Crippen molar-refractivity contribution in [2.45, 2.75) is 66.4 Å². The Hall–Kier alpha value is -1.03. The molecule has 0 aliphatic carbocycles. The van der Waals surface area contributed by atoms with Gasteiger partial charge in [-0.25, -0.2) is 9.67 Å². The second kappa shape index (κ2) is 5.40. The van der Waals surface area contributed by atoms with Gasteiger partial charge in [0.25, 0.3) is 0 Å². The van der Waals surface area contributed by atoms with E-state index in [1.165, 1.54) is 0 Å². The average molecular weight is 297 g/mol. The summed E-state index contributed by atoms with van der Waals surface area (Å²) in [6.07, 6.45) is 1.09. The smallest absolute Gasteiger partial charge is 0.158 e. The molecule has 0 amide bonds. The van der Waals surface area contributed by atoms with Crippen LogP contribution in [0.15, 0.2) is 0 Å². The van der Waals surface area contributed by atoms with Crippen molar-refractivity contribution in [2.24, 2.45) is 5.41 Å². The van der Waals surface area contributed by atoms with Crippen LogP contribution in [0.5, 0.6) is 0 Å². The Kier molecular flexibility index (Phi) is 4.14. The van der Waals surface area contributed by atoms with Crippen LogP contribution in [0, 0.1) is 12.3 Å². The molecule has 0 fully saturated rings. The number of fused-ring (bicyclic) bond motifs is 1. The van der Waals surface area contributed by atoms with Crippen molar-refractivity contribution in [3.8, 4) is 0 Å². The van der Waals surface area contributed by atoms with Crippen LogP contribution >= 0.6 is 11.6 Å². The lowest BCUT2D eigenvalue weighted by atomic mass is 9.92. The number of imidazole rings is 1. The van der Waals surface area contributed by atoms with Gasteiger partial charge in [-0.2, -0.15) is 5.10 Å². The molecule has 20 heavy (non-hydrogen) atoms. The van der Waals surface area contributed by atoms with Crippen molar-refractivity contribution in [2.75, 3.05) is 0 Å². The second-order valence-electron chi connectivity index (χ2n) is 6.62. The summed E-state index contributed by atoms with van der Waals surface area (Å²) in [5, 5.41) is 4.47. The number of hydrogen-bond donors (Lipinski definition) is 0. The van der Waals surface area contributed by atoms with Gasteiger partial charge in [-0.1, -0.05) is 20.8 Å². The first-order valence-corrected chi connectivity index (χ1v) is 7.76. The van der Waals surface area contributed by atoms with Crippen LogP contribution in [0.2, 0.25) is 0 Å². The molecule has 4 nitrogen and oxygen atoms in total. The largest absolute Gasteiger partial charge is 0.312 e. The Bertz CT molecular complexity index is 601. The molecular formula is C15H25ClN4. The van der Waals surface area contributed by atoms with Crippen molar-refractivity contribution >= 4 is 22.8 Å². The van der Waals surface area contributed by atoms with E-state index in [0.717, 1.165) is 42.2 Å². The standard InChI is InChI=1S/C15H25ClN4/c1-7-20-14-12(11(3)18-20)17-13(10(2)16)19(14)9-8-15(4,5)6/h10H,7-9H2,1-6H3. The number of aryl methyl sites for hydroxylation is 3. The molecule has 0 N–H and O–H groups in total. The Morgan fingerprint density at radius 2 is 1.95 bits per heavy atom. The molecule has 0 aromatic carbocycles. The first kappa shape index (κ1) is 15.4. The number of alkyl halides is 1. The molecule has 0 radical (unpaired) electrons.